The van der Waals surface area contributed by atoms with Gasteiger partial charge < -0.3 is 20.1 Å². The monoisotopic (exact) mass is 347 g/mol. The summed E-state index contributed by atoms with van der Waals surface area (Å²) in [5.41, 5.74) is 1.78. The van der Waals surface area contributed by atoms with Crippen LogP contribution in [-0.4, -0.2) is 24.2 Å². The molecule has 0 bridgehead atoms. The van der Waals surface area contributed by atoms with Gasteiger partial charge >= 0.3 is 6.03 Å². The molecule has 0 unspecified atom stereocenters. The number of nitrogens with one attached hydrogen (secondary N) is 2. The second-order valence-corrected chi connectivity index (χ2v) is 5.76. The lowest BCUT2D eigenvalue weighted by molar-refractivity contribution is 0.240. The Morgan fingerprint density at radius 1 is 1.17 bits per heavy atom. The number of rotatable bonds is 4. The van der Waals surface area contributed by atoms with Gasteiger partial charge in [-0.2, -0.15) is 0 Å². The Hall–Kier alpha value is -2.47. The normalized spacial score (nSPS) is 13.0. The SMILES string of the molecule is O=C(NCc1cccnc1)NCc1cc(Cl)c2c(c1)OCCCO2. The molecule has 0 saturated heterocycles. The summed E-state index contributed by atoms with van der Waals surface area (Å²) in [5.74, 6) is 1.19. The molecule has 0 radical (unpaired) electrons. The second-order valence-electron chi connectivity index (χ2n) is 5.35. The summed E-state index contributed by atoms with van der Waals surface area (Å²) < 4.78 is 11.2. The molecule has 24 heavy (non-hydrogen) atoms. The van der Waals surface area contributed by atoms with Crippen molar-refractivity contribution in [3.05, 3.63) is 52.8 Å². The average molecular weight is 348 g/mol. The molecule has 6 nitrogen and oxygen atoms in total. The first-order valence-electron chi connectivity index (χ1n) is 7.71. The number of ether oxygens (including phenoxy) is 2. The van der Waals surface area contributed by atoms with E-state index in [-0.39, 0.29) is 6.03 Å². The Morgan fingerprint density at radius 2 is 1.96 bits per heavy atom. The van der Waals surface area contributed by atoms with Crippen LogP contribution in [0.15, 0.2) is 36.7 Å². The van der Waals surface area contributed by atoms with Crippen LogP contribution >= 0.6 is 11.6 Å². The number of hydrogen-bond donors (Lipinski definition) is 2. The average Bonchev–Trinajstić information content (AvgIpc) is 2.85. The van der Waals surface area contributed by atoms with Gasteiger partial charge in [0.2, 0.25) is 0 Å². The maximum atomic E-state index is 11.9. The van der Waals surface area contributed by atoms with Gasteiger partial charge in [0, 0.05) is 31.9 Å². The minimum absolute atomic E-state index is 0.262. The van der Waals surface area contributed by atoms with Crippen LogP contribution in [0.3, 0.4) is 0 Å². The van der Waals surface area contributed by atoms with Gasteiger partial charge in [-0.3, -0.25) is 4.98 Å². The molecule has 3 rings (SSSR count). The van der Waals surface area contributed by atoms with Crippen molar-refractivity contribution >= 4 is 17.6 Å². The number of halogens is 1. The highest BCUT2D eigenvalue weighted by atomic mass is 35.5. The number of hydrogen-bond acceptors (Lipinski definition) is 4. The van der Waals surface area contributed by atoms with Crippen molar-refractivity contribution in [3.63, 3.8) is 0 Å². The molecule has 0 aliphatic carbocycles. The molecule has 0 fully saturated rings. The quantitative estimate of drug-likeness (QED) is 0.892. The molecule has 1 aromatic carbocycles. The molecule has 0 spiro atoms. The van der Waals surface area contributed by atoms with Gasteiger partial charge in [0.1, 0.15) is 0 Å². The summed E-state index contributed by atoms with van der Waals surface area (Å²) in [6, 6.07) is 7.08. The fraction of sp³-hybridized carbons (Fsp3) is 0.294. The summed E-state index contributed by atoms with van der Waals surface area (Å²) in [4.78, 5) is 15.9. The van der Waals surface area contributed by atoms with E-state index < -0.39 is 0 Å². The van der Waals surface area contributed by atoms with E-state index >= 15 is 0 Å². The first-order valence-corrected chi connectivity index (χ1v) is 8.09. The van der Waals surface area contributed by atoms with Crippen LogP contribution in [0.5, 0.6) is 11.5 Å². The summed E-state index contributed by atoms with van der Waals surface area (Å²) >= 11 is 6.24. The lowest BCUT2D eigenvalue weighted by Crippen LogP contribution is -2.34. The zero-order chi connectivity index (χ0) is 16.8. The van der Waals surface area contributed by atoms with E-state index in [1.807, 2.05) is 18.2 Å². The van der Waals surface area contributed by atoms with E-state index in [1.165, 1.54) is 0 Å². The van der Waals surface area contributed by atoms with Gasteiger partial charge in [-0.15, -0.1) is 0 Å². The molecule has 2 aromatic rings. The van der Waals surface area contributed by atoms with Gasteiger partial charge in [0.15, 0.2) is 11.5 Å². The zero-order valence-corrected chi connectivity index (χ0v) is 13.8. The second kappa shape index (κ2) is 7.88. The molecule has 0 saturated carbocycles. The van der Waals surface area contributed by atoms with E-state index in [4.69, 9.17) is 21.1 Å². The van der Waals surface area contributed by atoms with Crippen molar-refractivity contribution in [2.45, 2.75) is 19.5 Å². The molecule has 2 N–H and O–H groups in total. The number of benzene rings is 1. The molecular weight excluding hydrogens is 330 g/mol. The third kappa shape index (κ3) is 4.29. The van der Waals surface area contributed by atoms with Crippen molar-refractivity contribution in [2.75, 3.05) is 13.2 Å². The number of carbonyl (C=O) groups excluding carboxylic acids is 1. The molecule has 2 amide bonds. The lowest BCUT2D eigenvalue weighted by Gasteiger charge is -2.12. The van der Waals surface area contributed by atoms with Crippen LogP contribution in [0.4, 0.5) is 4.79 Å². The molecule has 1 aliphatic heterocycles. The predicted molar refractivity (Wildman–Crippen MR) is 90.4 cm³/mol. The topological polar surface area (TPSA) is 72.5 Å². The van der Waals surface area contributed by atoms with Gasteiger partial charge in [-0.25, -0.2) is 4.79 Å². The Morgan fingerprint density at radius 3 is 2.75 bits per heavy atom. The maximum Gasteiger partial charge on any atom is 0.315 e. The summed E-state index contributed by atoms with van der Waals surface area (Å²) in [5, 5.41) is 6.06. The standard InChI is InChI=1S/C17H18ClN3O3/c18-14-7-13(8-15-16(14)24-6-2-5-23-15)11-21-17(22)20-10-12-3-1-4-19-9-12/h1,3-4,7-9H,2,5-6,10-11H2,(H2,20,21,22). The number of fused-ring (bicyclic) bond motifs is 1. The number of pyridine rings is 1. The number of urea groups is 1. The van der Waals surface area contributed by atoms with E-state index in [2.05, 4.69) is 15.6 Å². The van der Waals surface area contributed by atoms with Crippen molar-refractivity contribution in [1.29, 1.82) is 0 Å². The van der Waals surface area contributed by atoms with Gasteiger partial charge in [-0.1, -0.05) is 17.7 Å². The van der Waals surface area contributed by atoms with Crippen LogP contribution < -0.4 is 20.1 Å². The minimum Gasteiger partial charge on any atom is -0.489 e. The Bertz CT molecular complexity index is 710. The molecule has 1 aromatic heterocycles. The molecule has 7 heteroatoms. The highest BCUT2D eigenvalue weighted by Gasteiger charge is 2.15. The molecular formula is C17H18ClN3O3. The largest absolute Gasteiger partial charge is 0.489 e. The number of carbonyl (C=O) groups is 1. The first kappa shape index (κ1) is 16.4. The van der Waals surface area contributed by atoms with E-state index in [1.54, 1.807) is 18.5 Å². The lowest BCUT2D eigenvalue weighted by atomic mass is 10.2. The zero-order valence-electron chi connectivity index (χ0n) is 13.0. The molecule has 2 heterocycles. The Balaban J connectivity index is 1.55. The highest BCUT2D eigenvalue weighted by Crippen LogP contribution is 2.37. The molecule has 126 valence electrons. The highest BCUT2D eigenvalue weighted by molar-refractivity contribution is 6.32. The number of nitrogens with zero attached hydrogens (tertiary/aromatic N) is 1. The van der Waals surface area contributed by atoms with Crippen molar-refractivity contribution in [3.8, 4) is 11.5 Å². The molecule has 1 aliphatic rings. The third-order valence-electron chi connectivity index (χ3n) is 3.49. The predicted octanol–water partition coefficient (Wildman–Crippen LogP) is 2.90. The van der Waals surface area contributed by atoms with Crippen LogP contribution in [-0.2, 0) is 13.1 Å². The van der Waals surface area contributed by atoms with E-state index in [0.29, 0.717) is 42.8 Å². The van der Waals surface area contributed by atoms with Crippen LogP contribution in [0.25, 0.3) is 0 Å². The first-order chi connectivity index (χ1) is 11.7. The smallest absolute Gasteiger partial charge is 0.315 e. The summed E-state index contributed by atoms with van der Waals surface area (Å²) in [7, 11) is 0. The minimum atomic E-state index is -0.262. The van der Waals surface area contributed by atoms with Crippen molar-refractivity contribution < 1.29 is 14.3 Å². The van der Waals surface area contributed by atoms with Gasteiger partial charge in [0.05, 0.1) is 18.2 Å². The van der Waals surface area contributed by atoms with Gasteiger partial charge in [0.25, 0.3) is 0 Å². The van der Waals surface area contributed by atoms with Crippen molar-refractivity contribution in [1.82, 2.24) is 15.6 Å². The maximum absolute atomic E-state index is 11.9. The van der Waals surface area contributed by atoms with Gasteiger partial charge in [-0.05, 0) is 29.3 Å². The summed E-state index contributed by atoms with van der Waals surface area (Å²) in [6.45, 7) is 1.93. The summed E-state index contributed by atoms with van der Waals surface area (Å²) in [6.07, 6.45) is 4.22. The van der Waals surface area contributed by atoms with E-state index in [0.717, 1.165) is 17.5 Å². The number of aromatic nitrogens is 1. The fourth-order valence-electron chi connectivity index (χ4n) is 2.32. The third-order valence-corrected chi connectivity index (χ3v) is 3.77. The van der Waals surface area contributed by atoms with Crippen LogP contribution in [0, 0.1) is 0 Å². The van der Waals surface area contributed by atoms with Crippen LogP contribution in [0.2, 0.25) is 5.02 Å². The fourth-order valence-corrected chi connectivity index (χ4v) is 2.60. The number of amides is 2. The van der Waals surface area contributed by atoms with Crippen LogP contribution in [0.1, 0.15) is 17.5 Å². The Labute approximate surface area is 145 Å². The van der Waals surface area contributed by atoms with Crippen molar-refractivity contribution in [2.24, 2.45) is 0 Å². The van der Waals surface area contributed by atoms with E-state index in [9.17, 15) is 4.79 Å². The Kier molecular flexibility index (Phi) is 5.38. The molecule has 0 atom stereocenters.